The lowest BCUT2D eigenvalue weighted by molar-refractivity contribution is -0.126. The molecule has 2 rings (SSSR count). The molecule has 2 amide bonds. The summed E-state index contributed by atoms with van der Waals surface area (Å²) in [4.78, 5) is 23.8. The molecule has 0 fully saturated rings. The minimum atomic E-state index is -0.519. The Hall–Kier alpha value is -2.87. The van der Waals surface area contributed by atoms with Crippen molar-refractivity contribution in [1.29, 1.82) is 0 Å². The third kappa shape index (κ3) is 6.41. The molecule has 2 aromatic rings. The molecule has 0 radical (unpaired) electrons. The van der Waals surface area contributed by atoms with Gasteiger partial charge in [0.2, 0.25) is 11.8 Å². The Balaban J connectivity index is 1.88. The normalized spacial score (nSPS) is 10.5. The first-order valence-corrected chi connectivity index (χ1v) is 9.00. The van der Waals surface area contributed by atoms with Gasteiger partial charge in [0.25, 0.3) is 0 Å². The summed E-state index contributed by atoms with van der Waals surface area (Å²) in [6.07, 6.45) is 1.12. The van der Waals surface area contributed by atoms with Crippen LogP contribution in [0.5, 0.6) is 11.5 Å². The largest absolute Gasteiger partial charge is 0.493 e. The van der Waals surface area contributed by atoms with E-state index in [9.17, 15) is 9.59 Å². The maximum absolute atomic E-state index is 11.9. The number of carbonyl (C=O) groups is 2. The molecule has 142 valence electrons. The van der Waals surface area contributed by atoms with Gasteiger partial charge in [0.1, 0.15) is 6.42 Å². The van der Waals surface area contributed by atoms with Gasteiger partial charge in [0, 0.05) is 4.47 Å². The van der Waals surface area contributed by atoms with Crippen LogP contribution in [0.15, 0.2) is 52.0 Å². The molecule has 0 saturated carbocycles. The summed E-state index contributed by atoms with van der Waals surface area (Å²) >= 11 is 3.33. The molecule has 0 unspecified atom stereocenters. The SMILES string of the molecule is CCOc1cc(C=NNC(=O)CC(=O)Nc2ccccc2Br)ccc1OC. The van der Waals surface area contributed by atoms with Crippen molar-refractivity contribution in [2.45, 2.75) is 13.3 Å². The fourth-order valence-electron chi connectivity index (χ4n) is 2.16. The van der Waals surface area contributed by atoms with E-state index in [1.807, 2.05) is 13.0 Å². The maximum atomic E-state index is 11.9. The molecule has 7 nitrogen and oxygen atoms in total. The van der Waals surface area contributed by atoms with Gasteiger partial charge in [-0.3, -0.25) is 9.59 Å². The molecule has 0 heterocycles. The quantitative estimate of drug-likeness (QED) is 0.379. The van der Waals surface area contributed by atoms with Crippen LogP contribution in [-0.4, -0.2) is 31.7 Å². The highest BCUT2D eigenvalue weighted by Crippen LogP contribution is 2.27. The van der Waals surface area contributed by atoms with Crippen molar-refractivity contribution >= 4 is 39.6 Å². The average Bonchev–Trinajstić information content (AvgIpc) is 2.64. The van der Waals surface area contributed by atoms with Crippen LogP contribution < -0.4 is 20.2 Å². The van der Waals surface area contributed by atoms with Gasteiger partial charge < -0.3 is 14.8 Å². The maximum Gasteiger partial charge on any atom is 0.249 e. The molecule has 0 atom stereocenters. The van der Waals surface area contributed by atoms with E-state index < -0.39 is 11.8 Å². The number of hydrazone groups is 1. The summed E-state index contributed by atoms with van der Waals surface area (Å²) in [6, 6.07) is 12.4. The van der Waals surface area contributed by atoms with Gasteiger partial charge >= 0.3 is 0 Å². The highest BCUT2D eigenvalue weighted by molar-refractivity contribution is 9.10. The lowest BCUT2D eigenvalue weighted by Gasteiger charge is -2.09. The summed E-state index contributed by atoms with van der Waals surface area (Å²) in [5, 5.41) is 6.52. The molecule has 2 aromatic carbocycles. The number of ether oxygens (including phenoxy) is 2. The molecule has 0 aromatic heterocycles. The topological polar surface area (TPSA) is 89.0 Å². The number of carbonyl (C=O) groups excluding carboxylic acids is 2. The van der Waals surface area contributed by atoms with E-state index in [1.54, 1.807) is 43.5 Å². The van der Waals surface area contributed by atoms with E-state index in [1.165, 1.54) is 6.21 Å². The minimum Gasteiger partial charge on any atom is -0.493 e. The zero-order valence-corrected chi connectivity index (χ0v) is 16.6. The summed E-state index contributed by atoms with van der Waals surface area (Å²) in [5.41, 5.74) is 3.65. The van der Waals surface area contributed by atoms with Crippen molar-refractivity contribution in [3.05, 3.63) is 52.5 Å². The number of nitrogens with one attached hydrogen (secondary N) is 2. The Labute approximate surface area is 165 Å². The molecular weight excluding hydrogens is 414 g/mol. The third-order valence-corrected chi connectivity index (χ3v) is 4.05. The van der Waals surface area contributed by atoms with Gasteiger partial charge in [-0.25, -0.2) is 5.43 Å². The number of anilines is 1. The zero-order valence-electron chi connectivity index (χ0n) is 15.0. The van der Waals surface area contributed by atoms with Crippen molar-refractivity contribution in [2.75, 3.05) is 19.0 Å². The highest BCUT2D eigenvalue weighted by Gasteiger charge is 2.10. The van der Waals surface area contributed by atoms with Crippen molar-refractivity contribution in [3.8, 4) is 11.5 Å². The number of hydrogen-bond donors (Lipinski definition) is 2. The molecule has 0 aliphatic heterocycles. The van der Waals surface area contributed by atoms with Gasteiger partial charge in [0.15, 0.2) is 11.5 Å². The van der Waals surface area contributed by atoms with Gasteiger partial charge in [-0.15, -0.1) is 0 Å². The van der Waals surface area contributed by atoms with Crippen molar-refractivity contribution in [2.24, 2.45) is 5.10 Å². The molecule has 0 aliphatic rings. The van der Waals surface area contributed by atoms with Crippen molar-refractivity contribution in [3.63, 3.8) is 0 Å². The van der Waals surface area contributed by atoms with Gasteiger partial charge in [0.05, 0.1) is 25.6 Å². The number of amides is 2. The molecule has 2 N–H and O–H groups in total. The number of rotatable bonds is 8. The minimum absolute atomic E-state index is 0.342. The van der Waals surface area contributed by atoms with Crippen LogP contribution >= 0.6 is 15.9 Å². The van der Waals surface area contributed by atoms with Crippen molar-refractivity contribution in [1.82, 2.24) is 5.43 Å². The van der Waals surface area contributed by atoms with E-state index in [2.05, 4.69) is 31.8 Å². The van der Waals surface area contributed by atoms with Gasteiger partial charge in [-0.2, -0.15) is 5.10 Å². The number of nitrogens with zero attached hydrogens (tertiary/aromatic N) is 1. The van der Waals surface area contributed by atoms with Crippen LogP contribution in [0.1, 0.15) is 18.9 Å². The Morgan fingerprint density at radius 2 is 1.93 bits per heavy atom. The van der Waals surface area contributed by atoms with E-state index in [0.717, 1.165) is 10.0 Å². The number of methoxy groups -OCH3 is 1. The van der Waals surface area contributed by atoms with Crippen LogP contribution in [0.4, 0.5) is 5.69 Å². The lowest BCUT2D eigenvalue weighted by Crippen LogP contribution is -2.24. The second-order valence-electron chi connectivity index (χ2n) is 5.34. The molecule has 0 spiro atoms. The summed E-state index contributed by atoms with van der Waals surface area (Å²) in [5.74, 6) is 0.247. The van der Waals surface area contributed by atoms with Gasteiger partial charge in [-0.1, -0.05) is 12.1 Å². The molecule has 0 saturated heterocycles. The smallest absolute Gasteiger partial charge is 0.249 e. The summed E-state index contributed by atoms with van der Waals surface area (Å²) < 4.78 is 11.4. The Morgan fingerprint density at radius 1 is 1.15 bits per heavy atom. The number of halogens is 1. The van der Waals surface area contributed by atoms with Crippen LogP contribution in [-0.2, 0) is 9.59 Å². The average molecular weight is 434 g/mol. The molecule has 8 heteroatoms. The summed E-state index contributed by atoms with van der Waals surface area (Å²) in [7, 11) is 1.56. The first-order chi connectivity index (χ1) is 13.0. The molecular formula is C19H20BrN3O4. The van der Waals surface area contributed by atoms with Crippen LogP contribution in [0.25, 0.3) is 0 Å². The number of hydrogen-bond acceptors (Lipinski definition) is 5. The van der Waals surface area contributed by atoms with Crippen LogP contribution in [0.3, 0.4) is 0 Å². The predicted molar refractivity (Wildman–Crippen MR) is 107 cm³/mol. The van der Waals surface area contributed by atoms with E-state index in [-0.39, 0.29) is 6.42 Å². The molecule has 0 aliphatic carbocycles. The van der Waals surface area contributed by atoms with E-state index >= 15 is 0 Å². The first kappa shape index (κ1) is 20.4. The standard InChI is InChI=1S/C19H20BrN3O4/c1-3-27-17-10-13(8-9-16(17)26-2)12-21-23-19(25)11-18(24)22-15-7-5-4-6-14(15)20/h4-10,12H,3,11H2,1-2H3,(H,22,24)(H,23,25). The second-order valence-corrected chi connectivity index (χ2v) is 6.20. The predicted octanol–water partition coefficient (Wildman–Crippen LogP) is 3.34. The van der Waals surface area contributed by atoms with Crippen molar-refractivity contribution < 1.29 is 19.1 Å². The lowest BCUT2D eigenvalue weighted by atomic mass is 10.2. The highest BCUT2D eigenvalue weighted by atomic mass is 79.9. The van der Waals surface area contributed by atoms with Crippen LogP contribution in [0, 0.1) is 0 Å². The third-order valence-electron chi connectivity index (χ3n) is 3.36. The molecule has 27 heavy (non-hydrogen) atoms. The first-order valence-electron chi connectivity index (χ1n) is 8.20. The second kappa shape index (κ2) is 10.3. The van der Waals surface area contributed by atoms with E-state index in [4.69, 9.17) is 9.47 Å². The Bertz CT molecular complexity index is 839. The van der Waals surface area contributed by atoms with Gasteiger partial charge in [-0.05, 0) is 58.7 Å². The molecule has 0 bridgehead atoms. The number of para-hydroxylation sites is 1. The van der Waals surface area contributed by atoms with E-state index in [0.29, 0.717) is 23.8 Å². The Morgan fingerprint density at radius 3 is 2.63 bits per heavy atom. The number of benzene rings is 2. The Kier molecular flexibility index (Phi) is 7.81. The fourth-order valence-corrected chi connectivity index (χ4v) is 2.55. The van der Waals surface area contributed by atoms with Crippen LogP contribution in [0.2, 0.25) is 0 Å². The zero-order chi connectivity index (χ0) is 19.6. The fraction of sp³-hybridized carbons (Fsp3) is 0.211. The monoisotopic (exact) mass is 433 g/mol. The summed E-state index contributed by atoms with van der Waals surface area (Å²) in [6.45, 7) is 2.37.